The van der Waals surface area contributed by atoms with Gasteiger partial charge >= 0.3 is 0 Å². The Hall–Kier alpha value is -0.630. The molecule has 2 aliphatic rings. The molecule has 1 saturated carbocycles. The molecular formula is C16H29N3O. The van der Waals surface area contributed by atoms with Crippen molar-refractivity contribution < 1.29 is 4.74 Å². The Kier molecular flexibility index (Phi) is 5.42. The fraction of sp³-hybridized carbons (Fsp3) is 0.938. The maximum Gasteiger partial charge on any atom is 0.122 e. The SMILES string of the molecule is COCC1CCCN(CC(C#N)(NC(C)C)C2CC2)C1. The van der Waals surface area contributed by atoms with Gasteiger partial charge < -0.3 is 9.64 Å². The molecule has 1 saturated heterocycles. The number of nitriles is 1. The zero-order chi connectivity index (χ0) is 14.6. The molecule has 2 unspecified atom stereocenters. The van der Waals surface area contributed by atoms with Gasteiger partial charge in [-0.15, -0.1) is 0 Å². The van der Waals surface area contributed by atoms with Crippen molar-refractivity contribution in [2.24, 2.45) is 11.8 Å². The van der Waals surface area contributed by atoms with Gasteiger partial charge in [-0.05, 0) is 57.9 Å². The summed E-state index contributed by atoms with van der Waals surface area (Å²) in [5.41, 5.74) is -0.344. The summed E-state index contributed by atoms with van der Waals surface area (Å²) < 4.78 is 5.30. The summed E-state index contributed by atoms with van der Waals surface area (Å²) in [7, 11) is 1.78. The van der Waals surface area contributed by atoms with Crippen molar-refractivity contribution in [2.75, 3.05) is 33.4 Å². The third kappa shape index (κ3) is 3.94. The van der Waals surface area contributed by atoms with Gasteiger partial charge in [-0.25, -0.2) is 0 Å². The van der Waals surface area contributed by atoms with E-state index >= 15 is 0 Å². The molecule has 1 heterocycles. The predicted octanol–water partition coefficient (Wildman–Crippen LogP) is 2.02. The van der Waals surface area contributed by atoms with E-state index < -0.39 is 0 Å². The first kappa shape index (κ1) is 15.8. The number of rotatable bonds is 7. The lowest BCUT2D eigenvalue weighted by atomic mass is 9.90. The van der Waals surface area contributed by atoms with Crippen molar-refractivity contribution in [3.05, 3.63) is 0 Å². The Morgan fingerprint density at radius 3 is 2.70 bits per heavy atom. The third-order valence-electron chi connectivity index (χ3n) is 4.50. The van der Waals surface area contributed by atoms with Crippen molar-refractivity contribution in [1.29, 1.82) is 5.26 Å². The summed E-state index contributed by atoms with van der Waals surface area (Å²) in [5.74, 6) is 1.17. The van der Waals surface area contributed by atoms with E-state index in [1.54, 1.807) is 7.11 Å². The topological polar surface area (TPSA) is 48.3 Å². The van der Waals surface area contributed by atoms with Crippen LogP contribution in [0.5, 0.6) is 0 Å². The van der Waals surface area contributed by atoms with Gasteiger partial charge in [-0.3, -0.25) is 5.32 Å². The number of hydrogen-bond donors (Lipinski definition) is 1. The number of nitrogens with one attached hydrogen (secondary N) is 1. The van der Waals surface area contributed by atoms with Gasteiger partial charge in [-0.2, -0.15) is 5.26 Å². The zero-order valence-corrected chi connectivity index (χ0v) is 13.2. The Labute approximate surface area is 123 Å². The van der Waals surface area contributed by atoms with E-state index in [0.29, 0.717) is 17.9 Å². The van der Waals surface area contributed by atoms with Crippen LogP contribution in [0.2, 0.25) is 0 Å². The highest BCUT2D eigenvalue weighted by Gasteiger charge is 2.47. The number of hydrogen-bond acceptors (Lipinski definition) is 4. The molecule has 0 aromatic heterocycles. The molecule has 1 aliphatic carbocycles. The number of ether oxygens (including phenoxy) is 1. The minimum absolute atomic E-state index is 0.344. The van der Waals surface area contributed by atoms with Gasteiger partial charge in [0.2, 0.25) is 0 Å². The molecule has 0 radical (unpaired) electrons. The molecule has 1 aliphatic heterocycles. The monoisotopic (exact) mass is 279 g/mol. The van der Waals surface area contributed by atoms with Crippen LogP contribution in [0.25, 0.3) is 0 Å². The summed E-state index contributed by atoms with van der Waals surface area (Å²) >= 11 is 0. The second kappa shape index (κ2) is 6.89. The molecule has 2 fully saturated rings. The number of piperidine rings is 1. The van der Waals surface area contributed by atoms with Gasteiger partial charge in [0.25, 0.3) is 0 Å². The van der Waals surface area contributed by atoms with Crippen molar-refractivity contribution in [2.45, 2.75) is 51.1 Å². The fourth-order valence-electron chi connectivity index (χ4n) is 3.56. The molecule has 1 N–H and O–H groups in total. The quantitative estimate of drug-likeness (QED) is 0.774. The standard InChI is InChI=1S/C16H29N3O/c1-13(2)18-16(11-17,15-6-7-15)12-19-8-4-5-14(9-19)10-20-3/h13-15,18H,4-10,12H2,1-3H3. The number of methoxy groups -OCH3 is 1. The molecule has 20 heavy (non-hydrogen) atoms. The van der Waals surface area contributed by atoms with Crippen LogP contribution in [0.3, 0.4) is 0 Å². The largest absolute Gasteiger partial charge is 0.384 e. The van der Waals surface area contributed by atoms with Crippen LogP contribution in [-0.4, -0.2) is 49.8 Å². The van der Waals surface area contributed by atoms with Crippen LogP contribution in [0, 0.1) is 23.2 Å². The van der Waals surface area contributed by atoms with Gasteiger partial charge in [0.1, 0.15) is 5.54 Å². The molecule has 0 aromatic carbocycles. The van der Waals surface area contributed by atoms with E-state index in [0.717, 1.165) is 26.2 Å². The van der Waals surface area contributed by atoms with Crippen LogP contribution in [0.1, 0.15) is 39.5 Å². The first-order valence-electron chi connectivity index (χ1n) is 8.00. The maximum atomic E-state index is 9.77. The smallest absolute Gasteiger partial charge is 0.122 e. The second-order valence-corrected chi connectivity index (χ2v) is 6.86. The Bertz CT molecular complexity index is 346. The lowest BCUT2D eigenvalue weighted by molar-refractivity contribution is 0.0759. The normalized spacial score (nSPS) is 27.2. The van der Waals surface area contributed by atoms with Crippen LogP contribution < -0.4 is 5.32 Å². The first-order chi connectivity index (χ1) is 9.59. The molecular weight excluding hydrogens is 250 g/mol. The molecule has 2 rings (SSSR count). The first-order valence-corrected chi connectivity index (χ1v) is 8.00. The summed E-state index contributed by atoms with van der Waals surface area (Å²) in [6, 6.07) is 2.98. The summed E-state index contributed by atoms with van der Waals surface area (Å²) in [6.07, 6.45) is 4.87. The highest BCUT2D eigenvalue weighted by atomic mass is 16.5. The predicted molar refractivity (Wildman–Crippen MR) is 80.4 cm³/mol. The maximum absolute atomic E-state index is 9.77. The Balaban J connectivity index is 1.98. The van der Waals surface area contributed by atoms with Crippen molar-refractivity contribution in [1.82, 2.24) is 10.2 Å². The van der Waals surface area contributed by atoms with E-state index in [-0.39, 0.29) is 5.54 Å². The number of likely N-dealkylation sites (tertiary alicyclic amines) is 1. The van der Waals surface area contributed by atoms with Crippen LogP contribution in [-0.2, 0) is 4.74 Å². The summed E-state index contributed by atoms with van der Waals surface area (Å²) in [5, 5.41) is 13.3. The summed E-state index contributed by atoms with van der Waals surface area (Å²) in [6.45, 7) is 8.18. The molecule has 0 spiro atoms. The van der Waals surface area contributed by atoms with Gasteiger partial charge in [0.05, 0.1) is 12.7 Å². The molecule has 2 atom stereocenters. The van der Waals surface area contributed by atoms with Crippen LogP contribution in [0.15, 0.2) is 0 Å². The second-order valence-electron chi connectivity index (χ2n) is 6.86. The highest BCUT2D eigenvalue weighted by molar-refractivity contribution is 5.17. The average Bonchev–Trinajstić information content (AvgIpc) is 3.23. The van der Waals surface area contributed by atoms with Gasteiger partial charge in [-0.1, -0.05) is 0 Å². The van der Waals surface area contributed by atoms with E-state index in [9.17, 15) is 5.26 Å². The van der Waals surface area contributed by atoms with Crippen LogP contribution in [0.4, 0.5) is 0 Å². The van der Waals surface area contributed by atoms with Gasteiger partial charge in [0, 0.05) is 26.2 Å². The molecule has 0 aromatic rings. The minimum atomic E-state index is -0.344. The molecule has 0 amide bonds. The fourth-order valence-corrected chi connectivity index (χ4v) is 3.56. The highest BCUT2D eigenvalue weighted by Crippen LogP contribution is 2.40. The van der Waals surface area contributed by atoms with Crippen molar-refractivity contribution in [3.8, 4) is 6.07 Å². The van der Waals surface area contributed by atoms with E-state index in [2.05, 4.69) is 30.1 Å². The van der Waals surface area contributed by atoms with Crippen LogP contribution >= 0.6 is 0 Å². The molecule has 4 heteroatoms. The third-order valence-corrected chi connectivity index (χ3v) is 4.50. The molecule has 114 valence electrons. The van der Waals surface area contributed by atoms with E-state index in [4.69, 9.17) is 4.74 Å². The summed E-state index contributed by atoms with van der Waals surface area (Å²) in [4.78, 5) is 2.48. The molecule has 0 bridgehead atoms. The average molecular weight is 279 g/mol. The lowest BCUT2D eigenvalue weighted by Crippen LogP contribution is -2.58. The lowest BCUT2D eigenvalue weighted by Gasteiger charge is -2.39. The Morgan fingerprint density at radius 1 is 1.40 bits per heavy atom. The molecule has 4 nitrogen and oxygen atoms in total. The zero-order valence-electron chi connectivity index (χ0n) is 13.2. The van der Waals surface area contributed by atoms with E-state index in [1.807, 2.05) is 0 Å². The Morgan fingerprint density at radius 2 is 2.15 bits per heavy atom. The van der Waals surface area contributed by atoms with Gasteiger partial charge in [0.15, 0.2) is 0 Å². The van der Waals surface area contributed by atoms with Crippen molar-refractivity contribution >= 4 is 0 Å². The van der Waals surface area contributed by atoms with E-state index in [1.165, 1.54) is 25.7 Å². The minimum Gasteiger partial charge on any atom is -0.384 e. The van der Waals surface area contributed by atoms with Crippen molar-refractivity contribution in [3.63, 3.8) is 0 Å². The number of nitrogens with zero attached hydrogens (tertiary/aromatic N) is 2.